The minimum atomic E-state index is -0.318. The first-order chi connectivity index (χ1) is 18.1. The van der Waals surface area contributed by atoms with Crippen LogP contribution in [0.15, 0.2) is 72.0 Å². The van der Waals surface area contributed by atoms with Gasteiger partial charge in [0.2, 0.25) is 0 Å². The first-order valence-electron chi connectivity index (χ1n) is 13.1. The normalized spacial score (nSPS) is 17.9. The molecular formula is C31H32N4O2. The molecule has 6 heteroatoms. The largest absolute Gasteiger partial charge is 0.354 e. The maximum absolute atomic E-state index is 13.2. The van der Waals surface area contributed by atoms with Gasteiger partial charge in [-0.05, 0) is 81.1 Å². The number of carbonyl (C=O) groups is 2. The minimum Gasteiger partial charge on any atom is -0.354 e. The molecule has 2 aromatic rings. The average molecular weight is 493 g/mol. The monoisotopic (exact) mass is 492 g/mol. The van der Waals surface area contributed by atoms with Crippen molar-refractivity contribution < 1.29 is 9.59 Å². The molecule has 0 spiro atoms. The lowest BCUT2D eigenvalue weighted by molar-refractivity contribution is -0.115. The number of nitrogens with zero attached hydrogens (tertiary/aromatic N) is 1. The number of fused-ring (bicyclic) bond motifs is 1. The molecule has 0 saturated carbocycles. The number of carbonyl (C=O) groups excluding carboxylic acids is 2. The summed E-state index contributed by atoms with van der Waals surface area (Å²) in [6.07, 6.45) is 10.9. The molecule has 1 fully saturated rings. The van der Waals surface area contributed by atoms with E-state index in [1.807, 2.05) is 25.1 Å². The van der Waals surface area contributed by atoms with Gasteiger partial charge in [-0.2, -0.15) is 0 Å². The zero-order valence-corrected chi connectivity index (χ0v) is 21.2. The first kappa shape index (κ1) is 24.6. The fraction of sp³-hybridized carbons (Fsp3) is 0.290. The molecule has 5 rings (SSSR count). The van der Waals surface area contributed by atoms with E-state index in [-0.39, 0.29) is 11.8 Å². The van der Waals surface area contributed by atoms with E-state index in [2.05, 4.69) is 75.2 Å². The van der Waals surface area contributed by atoms with Gasteiger partial charge in [-0.25, -0.2) is 0 Å². The van der Waals surface area contributed by atoms with Crippen molar-refractivity contribution in [1.82, 2.24) is 10.2 Å². The number of rotatable bonds is 6. The van der Waals surface area contributed by atoms with E-state index in [4.69, 9.17) is 0 Å². The Morgan fingerprint density at radius 3 is 2.62 bits per heavy atom. The van der Waals surface area contributed by atoms with E-state index < -0.39 is 0 Å². The predicted octanol–water partition coefficient (Wildman–Crippen LogP) is 4.82. The van der Waals surface area contributed by atoms with Crippen LogP contribution >= 0.6 is 0 Å². The Bertz CT molecular complexity index is 1350. The molecule has 2 aliphatic heterocycles. The maximum Gasteiger partial charge on any atom is 0.296 e. The van der Waals surface area contributed by atoms with Crippen molar-refractivity contribution in [2.45, 2.75) is 39.2 Å². The van der Waals surface area contributed by atoms with Crippen LogP contribution < -0.4 is 16.0 Å². The molecule has 1 aliphatic carbocycles. The second-order valence-electron chi connectivity index (χ2n) is 9.52. The van der Waals surface area contributed by atoms with E-state index in [9.17, 15) is 9.59 Å². The fourth-order valence-corrected chi connectivity index (χ4v) is 4.95. The van der Waals surface area contributed by atoms with E-state index in [0.29, 0.717) is 23.4 Å². The van der Waals surface area contributed by atoms with Gasteiger partial charge in [0.15, 0.2) is 0 Å². The zero-order chi connectivity index (χ0) is 25.6. The number of benzene rings is 2. The summed E-state index contributed by atoms with van der Waals surface area (Å²) in [5.41, 5.74) is 6.83. The Morgan fingerprint density at radius 1 is 1.08 bits per heavy atom. The summed E-state index contributed by atoms with van der Waals surface area (Å²) in [6.45, 7) is 5.70. The second-order valence-corrected chi connectivity index (χ2v) is 9.52. The van der Waals surface area contributed by atoms with Crippen molar-refractivity contribution in [2.75, 3.05) is 30.3 Å². The molecule has 3 aliphatic rings. The van der Waals surface area contributed by atoms with Crippen molar-refractivity contribution in [1.29, 1.82) is 0 Å². The Labute approximate surface area is 218 Å². The quantitative estimate of drug-likeness (QED) is 0.399. The SMILES string of the molecule is CCNC(=O)C#Cc1ccc2c(c1)NC(=O)/C2=C(\Nc1ccc(CN2CCCC2)cc1)C1=CCCC=C1. The van der Waals surface area contributed by atoms with Crippen molar-refractivity contribution >= 4 is 28.8 Å². The topological polar surface area (TPSA) is 73.5 Å². The third kappa shape index (κ3) is 5.84. The summed E-state index contributed by atoms with van der Waals surface area (Å²) in [5, 5.41) is 9.21. The van der Waals surface area contributed by atoms with Crippen molar-refractivity contribution in [2.24, 2.45) is 0 Å². The molecular weight excluding hydrogens is 460 g/mol. The van der Waals surface area contributed by atoms with Crippen molar-refractivity contribution in [3.63, 3.8) is 0 Å². The average Bonchev–Trinajstić information content (AvgIpc) is 3.54. The van der Waals surface area contributed by atoms with E-state index >= 15 is 0 Å². The molecule has 0 radical (unpaired) electrons. The number of amides is 2. The van der Waals surface area contributed by atoms with Crippen LogP contribution in [0.2, 0.25) is 0 Å². The highest BCUT2D eigenvalue weighted by Gasteiger charge is 2.29. The number of allylic oxidation sites excluding steroid dienone is 3. The van der Waals surface area contributed by atoms with Gasteiger partial charge < -0.3 is 16.0 Å². The Balaban J connectivity index is 1.45. The first-order valence-corrected chi connectivity index (χ1v) is 13.1. The lowest BCUT2D eigenvalue weighted by atomic mass is 9.96. The van der Waals surface area contributed by atoms with Gasteiger partial charge in [-0.1, -0.05) is 42.3 Å². The maximum atomic E-state index is 13.2. The van der Waals surface area contributed by atoms with Gasteiger partial charge >= 0.3 is 0 Å². The third-order valence-electron chi connectivity index (χ3n) is 6.78. The van der Waals surface area contributed by atoms with Crippen LogP contribution in [-0.2, 0) is 16.1 Å². The van der Waals surface area contributed by atoms with Crippen LogP contribution in [0.1, 0.15) is 49.3 Å². The molecule has 3 N–H and O–H groups in total. The summed E-state index contributed by atoms with van der Waals surface area (Å²) < 4.78 is 0. The highest BCUT2D eigenvalue weighted by molar-refractivity contribution is 6.33. The van der Waals surface area contributed by atoms with Gasteiger partial charge in [0.1, 0.15) is 0 Å². The Kier molecular flexibility index (Phi) is 7.53. The molecule has 188 valence electrons. The summed E-state index contributed by atoms with van der Waals surface area (Å²) >= 11 is 0. The van der Waals surface area contributed by atoms with E-state index in [1.165, 1.54) is 31.5 Å². The molecule has 37 heavy (non-hydrogen) atoms. The molecule has 0 aromatic heterocycles. The summed E-state index contributed by atoms with van der Waals surface area (Å²) in [7, 11) is 0. The highest BCUT2D eigenvalue weighted by Crippen LogP contribution is 2.37. The van der Waals surface area contributed by atoms with Crippen LogP contribution in [-0.4, -0.2) is 36.3 Å². The smallest absolute Gasteiger partial charge is 0.296 e. The summed E-state index contributed by atoms with van der Waals surface area (Å²) in [4.78, 5) is 27.5. The summed E-state index contributed by atoms with van der Waals surface area (Å²) in [5.74, 6) is 5.00. The molecule has 2 aromatic carbocycles. The van der Waals surface area contributed by atoms with Gasteiger partial charge in [0.05, 0.1) is 17.0 Å². The molecule has 2 amide bonds. The van der Waals surface area contributed by atoms with Crippen molar-refractivity contribution in [3.8, 4) is 11.8 Å². The van der Waals surface area contributed by atoms with Crippen LogP contribution in [0.5, 0.6) is 0 Å². The Morgan fingerprint density at radius 2 is 1.89 bits per heavy atom. The second kappa shape index (κ2) is 11.3. The Hall–Kier alpha value is -4.08. The van der Waals surface area contributed by atoms with Crippen molar-refractivity contribution in [3.05, 3.63) is 88.7 Å². The highest BCUT2D eigenvalue weighted by atomic mass is 16.2. The van der Waals surface area contributed by atoms with E-state index in [0.717, 1.165) is 41.9 Å². The summed E-state index contributed by atoms with van der Waals surface area (Å²) in [6, 6.07) is 14.1. The lowest BCUT2D eigenvalue weighted by Crippen LogP contribution is -2.20. The molecule has 6 nitrogen and oxygen atoms in total. The minimum absolute atomic E-state index is 0.156. The van der Waals surface area contributed by atoms with Gasteiger partial charge in [0.25, 0.3) is 11.8 Å². The third-order valence-corrected chi connectivity index (χ3v) is 6.78. The van der Waals surface area contributed by atoms with Crippen LogP contribution in [0.3, 0.4) is 0 Å². The number of likely N-dealkylation sites (tertiary alicyclic amines) is 1. The number of hydrogen-bond donors (Lipinski definition) is 3. The predicted molar refractivity (Wildman–Crippen MR) is 149 cm³/mol. The number of anilines is 2. The standard InChI is InChI=1S/C31H32N4O2/c1-2-32-28(36)17-13-22-12-16-26-27(20-22)34-31(37)29(26)30(24-8-4-3-5-9-24)33-25-14-10-23(11-15-25)21-35-18-6-7-19-35/h4,8-12,14-16,20,33H,2-3,5-7,18-19,21H2,1H3,(H,32,36)(H,34,37)/b30-29-. The zero-order valence-electron chi connectivity index (χ0n) is 21.2. The lowest BCUT2D eigenvalue weighted by Gasteiger charge is -2.18. The molecule has 2 heterocycles. The van der Waals surface area contributed by atoms with Gasteiger partial charge in [0, 0.05) is 35.8 Å². The molecule has 0 atom stereocenters. The van der Waals surface area contributed by atoms with Crippen LogP contribution in [0.25, 0.3) is 5.57 Å². The van der Waals surface area contributed by atoms with Gasteiger partial charge in [-0.15, -0.1) is 0 Å². The van der Waals surface area contributed by atoms with Crippen LogP contribution in [0.4, 0.5) is 11.4 Å². The fourth-order valence-electron chi connectivity index (χ4n) is 4.95. The van der Waals surface area contributed by atoms with Crippen LogP contribution in [0, 0.1) is 11.8 Å². The molecule has 1 saturated heterocycles. The van der Waals surface area contributed by atoms with Gasteiger partial charge in [-0.3, -0.25) is 14.5 Å². The van der Waals surface area contributed by atoms with E-state index in [1.54, 1.807) is 0 Å². The molecule has 0 bridgehead atoms. The number of hydrogen-bond acceptors (Lipinski definition) is 4. The number of nitrogens with one attached hydrogen (secondary N) is 3. The molecule has 0 unspecified atom stereocenters.